The molecule has 0 spiro atoms. The summed E-state index contributed by atoms with van der Waals surface area (Å²) in [7, 11) is 0. The number of alkyl halides is 2. The fraction of sp³-hybridized carbons (Fsp3) is 0.875. The number of carboxylic acids is 1. The number of hydrogen-bond acceptors (Lipinski definition) is 1. The van der Waals surface area contributed by atoms with Gasteiger partial charge in [0, 0.05) is 12.8 Å². The molecule has 1 aliphatic rings. The summed E-state index contributed by atoms with van der Waals surface area (Å²) in [6, 6.07) is 0. The highest BCUT2D eigenvalue weighted by Gasteiger charge is 2.45. The minimum atomic E-state index is -2.52. The second-order valence-electron chi connectivity index (χ2n) is 3.61. The summed E-state index contributed by atoms with van der Waals surface area (Å²) in [5, 5.41) is 8.49. The van der Waals surface area contributed by atoms with E-state index < -0.39 is 17.8 Å². The van der Waals surface area contributed by atoms with Crippen molar-refractivity contribution >= 4 is 5.97 Å². The predicted octanol–water partition coefficient (Wildman–Crippen LogP) is 2.14. The molecular formula is C8H12F2O2. The number of carbonyl (C=O) groups is 1. The average Bonchev–Trinajstić information content (AvgIpc) is 1.83. The molecule has 2 nitrogen and oxygen atoms in total. The number of rotatable bonds is 3. The molecule has 0 heterocycles. The maximum atomic E-state index is 12.3. The van der Waals surface area contributed by atoms with Gasteiger partial charge in [-0.1, -0.05) is 6.92 Å². The Morgan fingerprint density at radius 2 is 2.17 bits per heavy atom. The van der Waals surface area contributed by atoms with Crippen molar-refractivity contribution in [1.82, 2.24) is 0 Å². The highest BCUT2D eigenvalue weighted by molar-refractivity contribution is 5.69. The Bertz CT molecular complexity index is 183. The predicted molar refractivity (Wildman–Crippen MR) is 39.1 cm³/mol. The van der Waals surface area contributed by atoms with Gasteiger partial charge in [-0.3, -0.25) is 4.79 Å². The molecule has 1 aliphatic carbocycles. The van der Waals surface area contributed by atoms with E-state index in [4.69, 9.17) is 5.11 Å². The lowest BCUT2D eigenvalue weighted by Crippen LogP contribution is -2.36. The number of halogens is 2. The normalized spacial score (nSPS) is 24.6. The Morgan fingerprint density at radius 1 is 1.67 bits per heavy atom. The van der Waals surface area contributed by atoms with Crippen molar-refractivity contribution < 1.29 is 18.7 Å². The highest BCUT2D eigenvalue weighted by Crippen LogP contribution is 2.45. The summed E-state index contributed by atoms with van der Waals surface area (Å²) in [6.45, 7) is 1.55. The molecule has 1 N–H and O–H groups in total. The first-order valence-electron chi connectivity index (χ1n) is 4.01. The lowest BCUT2D eigenvalue weighted by atomic mass is 9.76. The Labute approximate surface area is 69.6 Å². The second kappa shape index (κ2) is 2.99. The van der Waals surface area contributed by atoms with E-state index in [1.807, 2.05) is 0 Å². The summed E-state index contributed by atoms with van der Waals surface area (Å²) < 4.78 is 24.6. The Kier molecular flexibility index (Phi) is 2.35. The third kappa shape index (κ3) is 2.16. The van der Waals surface area contributed by atoms with Gasteiger partial charge in [-0.05, 0) is 12.3 Å². The van der Waals surface area contributed by atoms with Gasteiger partial charge in [-0.2, -0.15) is 0 Å². The molecule has 0 radical (unpaired) electrons. The molecule has 0 aromatic carbocycles. The summed E-state index contributed by atoms with van der Waals surface area (Å²) in [5.74, 6) is -4.01. The Balaban J connectivity index is 2.23. The molecule has 0 aromatic rings. The molecule has 1 rings (SSSR count). The minimum Gasteiger partial charge on any atom is -0.481 e. The van der Waals surface area contributed by atoms with Gasteiger partial charge in [-0.15, -0.1) is 0 Å². The molecule has 0 unspecified atom stereocenters. The van der Waals surface area contributed by atoms with Crippen LogP contribution in [0.3, 0.4) is 0 Å². The maximum absolute atomic E-state index is 12.3. The van der Waals surface area contributed by atoms with Crippen molar-refractivity contribution in [2.75, 3.05) is 0 Å². The first-order valence-corrected chi connectivity index (χ1v) is 4.01. The molecule has 1 atom stereocenters. The largest absolute Gasteiger partial charge is 0.481 e. The van der Waals surface area contributed by atoms with E-state index in [0.717, 1.165) is 0 Å². The monoisotopic (exact) mass is 178 g/mol. The molecule has 0 saturated heterocycles. The molecule has 70 valence electrons. The van der Waals surface area contributed by atoms with Crippen LogP contribution in [-0.4, -0.2) is 17.0 Å². The summed E-state index contributed by atoms with van der Waals surface area (Å²) >= 11 is 0. The van der Waals surface area contributed by atoms with Crippen molar-refractivity contribution in [1.29, 1.82) is 0 Å². The summed E-state index contributed by atoms with van der Waals surface area (Å²) in [5.41, 5.74) is 0. The third-order valence-electron chi connectivity index (χ3n) is 2.28. The van der Waals surface area contributed by atoms with E-state index in [-0.39, 0.29) is 18.8 Å². The van der Waals surface area contributed by atoms with Crippen LogP contribution in [0.4, 0.5) is 8.78 Å². The van der Waals surface area contributed by atoms with Gasteiger partial charge >= 0.3 is 5.97 Å². The lowest BCUT2D eigenvalue weighted by Gasteiger charge is -2.35. The topological polar surface area (TPSA) is 37.3 Å². The van der Waals surface area contributed by atoms with Gasteiger partial charge in [0.1, 0.15) is 0 Å². The fourth-order valence-electron chi connectivity index (χ4n) is 1.55. The van der Waals surface area contributed by atoms with Gasteiger partial charge in [0.2, 0.25) is 5.92 Å². The van der Waals surface area contributed by atoms with Gasteiger partial charge in [0.05, 0.1) is 5.92 Å². The molecule has 0 aromatic heterocycles. The quantitative estimate of drug-likeness (QED) is 0.718. The molecule has 0 aliphatic heterocycles. The molecule has 1 saturated carbocycles. The van der Waals surface area contributed by atoms with Crippen molar-refractivity contribution in [3.63, 3.8) is 0 Å². The van der Waals surface area contributed by atoms with Gasteiger partial charge in [0.15, 0.2) is 0 Å². The smallest absolute Gasteiger partial charge is 0.306 e. The second-order valence-corrected chi connectivity index (χ2v) is 3.61. The Hall–Kier alpha value is -0.670. The minimum absolute atomic E-state index is 0.0916. The van der Waals surface area contributed by atoms with Gasteiger partial charge < -0.3 is 5.11 Å². The zero-order chi connectivity index (χ0) is 9.35. The van der Waals surface area contributed by atoms with Crippen molar-refractivity contribution in [3.8, 4) is 0 Å². The van der Waals surface area contributed by atoms with Crippen LogP contribution in [0, 0.1) is 11.8 Å². The van der Waals surface area contributed by atoms with Crippen molar-refractivity contribution in [2.45, 2.75) is 32.1 Å². The standard InChI is InChI=1S/C8H12F2O2/c1-5(7(11)12)2-6-3-8(9,10)4-6/h5-6H,2-4H2,1H3,(H,11,12)/t5-/m1/s1. The van der Waals surface area contributed by atoms with E-state index in [2.05, 4.69) is 0 Å². The van der Waals surface area contributed by atoms with Crippen LogP contribution >= 0.6 is 0 Å². The zero-order valence-corrected chi connectivity index (χ0v) is 6.89. The molecular weight excluding hydrogens is 166 g/mol. The summed E-state index contributed by atoms with van der Waals surface area (Å²) in [4.78, 5) is 10.3. The first kappa shape index (κ1) is 9.42. The van der Waals surface area contributed by atoms with Crippen LogP contribution in [0.15, 0.2) is 0 Å². The highest BCUT2D eigenvalue weighted by atomic mass is 19.3. The van der Waals surface area contributed by atoms with Crippen molar-refractivity contribution in [2.24, 2.45) is 11.8 Å². The average molecular weight is 178 g/mol. The van der Waals surface area contributed by atoms with E-state index >= 15 is 0 Å². The van der Waals surface area contributed by atoms with E-state index in [1.165, 1.54) is 0 Å². The fourth-order valence-corrected chi connectivity index (χ4v) is 1.55. The lowest BCUT2D eigenvalue weighted by molar-refractivity contribution is -0.146. The molecule has 0 bridgehead atoms. The van der Waals surface area contributed by atoms with Gasteiger partial charge in [-0.25, -0.2) is 8.78 Å². The number of carboxylic acid groups (broad SMARTS) is 1. The molecule has 12 heavy (non-hydrogen) atoms. The zero-order valence-electron chi connectivity index (χ0n) is 6.89. The van der Waals surface area contributed by atoms with Crippen molar-refractivity contribution in [3.05, 3.63) is 0 Å². The molecule has 1 fully saturated rings. The third-order valence-corrected chi connectivity index (χ3v) is 2.28. The van der Waals surface area contributed by atoms with E-state index in [9.17, 15) is 13.6 Å². The van der Waals surface area contributed by atoms with Crippen LogP contribution in [0.5, 0.6) is 0 Å². The van der Waals surface area contributed by atoms with Crippen LogP contribution in [0.25, 0.3) is 0 Å². The van der Waals surface area contributed by atoms with Crippen LogP contribution in [-0.2, 0) is 4.79 Å². The maximum Gasteiger partial charge on any atom is 0.306 e. The molecule has 4 heteroatoms. The van der Waals surface area contributed by atoms with E-state index in [1.54, 1.807) is 6.92 Å². The number of aliphatic carboxylic acids is 1. The van der Waals surface area contributed by atoms with Crippen LogP contribution < -0.4 is 0 Å². The molecule has 0 amide bonds. The van der Waals surface area contributed by atoms with Gasteiger partial charge in [0.25, 0.3) is 0 Å². The van der Waals surface area contributed by atoms with Crippen LogP contribution in [0.2, 0.25) is 0 Å². The Morgan fingerprint density at radius 3 is 2.50 bits per heavy atom. The van der Waals surface area contributed by atoms with E-state index in [0.29, 0.717) is 6.42 Å². The number of hydrogen-bond donors (Lipinski definition) is 1. The van der Waals surface area contributed by atoms with Crippen LogP contribution in [0.1, 0.15) is 26.2 Å². The SMILES string of the molecule is C[C@H](CC1CC(F)(F)C1)C(=O)O. The first-order chi connectivity index (χ1) is 5.41. The summed E-state index contributed by atoms with van der Waals surface area (Å²) in [6.07, 6.45) is 0.111.